The van der Waals surface area contributed by atoms with Crippen molar-refractivity contribution in [2.24, 2.45) is 5.41 Å². The summed E-state index contributed by atoms with van der Waals surface area (Å²) < 4.78 is 16.4. The minimum atomic E-state index is -0.691. The Morgan fingerprint density at radius 1 is 1.18 bits per heavy atom. The SMILES string of the molecule is CCOC(=O)[C@]1(CCc2ccccc2)CCCN(C(=O)C2=C(C)OCCO2)C1. The van der Waals surface area contributed by atoms with E-state index in [1.807, 2.05) is 25.1 Å². The van der Waals surface area contributed by atoms with Crippen LogP contribution >= 0.6 is 0 Å². The molecule has 1 atom stereocenters. The topological polar surface area (TPSA) is 65.1 Å². The Morgan fingerprint density at radius 2 is 1.93 bits per heavy atom. The number of carbonyl (C=O) groups is 2. The predicted molar refractivity (Wildman–Crippen MR) is 104 cm³/mol. The highest BCUT2D eigenvalue weighted by Gasteiger charge is 2.45. The molecule has 0 aliphatic carbocycles. The van der Waals surface area contributed by atoms with Gasteiger partial charge >= 0.3 is 5.97 Å². The summed E-state index contributed by atoms with van der Waals surface area (Å²) in [5, 5.41) is 0. The second-order valence-corrected chi connectivity index (χ2v) is 7.40. The highest BCUT2D eigenvalue weighted by Crippen LogP contribution is 2.37. The van der Waals surface area contributed by atoms with Crippen molar-refractivity contribution < 1.29 is 23.8 Å². The molecule has 0 spiro atoms. The summed E-state index contributed by atoms with van der Waals surface area (Å²) in [5.74, 6) is 0.349. The van der Waals surface area contributed by atoms with Crippen LogP contribution in [-0.4, -0.2) is 49.7 Å². The molecule has 0 unspecified atom stereocenters. The van der Waals surface area contributed by atoms with E-state index in [1.165, 1.54) is 5.56 Å². The van der Waals surface area contributed by atoms with Crippen LogP contribution in [0.2, 0.25) is 0 Å². The van der Waals surface area contributed by atoms with Crippen LogP contribution in [0.3, 0.4) is 0 Å². The first kappa shape index (κ1) is 20.2. The molecule has 1 aromatic carbocycles. The summed E-state index contributed by atoms with van der Waals surface area (Å²) in [6, 6.07) is 10.1. The van der Waals surface area contributed by atoms with Crippen molar-refractivity contribution in [2.75, 3.05) is 32.9 Å². The fourth-order valence-corrected chi connectivity index (χ4v) is 3.95. The van der Waals surface area contributed by atoms with E-state index in [2.05, 4.69) is 12.1 Å². The highest BCUT2D eigenvalue weighted by atomic mass is 16.6. The fourth-order valence-electron chi connectivity index (χ4n) is 3.95. The molecule has 2 aliphatic rings. The Labute approximate surface area is 166 Å². The number of esters is 1. The number of carbonyl (C=O) groups excluding carboxylic acids is 2. The normalized spacial score (nSPS) is 22.3. The average molecular weight is 387 g/mol. The lowest BCUT2D eigenvalue weighted by Crippen LogP contribution is -2.51. The molecular weight excluding hydrogens is 358 g/mol. The maximum Gasteiger partial charge on any atom is 0.313 e. The Hall–Kier alpha value is -2.50. The number of aryl methyl sites for hydroxylation is 1. The van der Waals surface area contributed by atoms with Gasteiger partial charge in [0.1, 0.15) is 19.0 Å². The molecule has 1 fully saturated rings. The van der Waals surface area contributed by atoms with Gasteiger partial charge in [-0.15, -0.1) is 0 Å². The number of hydrogen-bond donors (Lipinski definition) is 0. The maximum absolute atomic E-state index is 13.0. The lowest BCUT2D eigenvalue weighted by Gasteiger charge is -2.41. The van der Waals surface area contributed by atoms with Crippen molar-refractivity contribution in [2.45, 2.75) is 39.5 Å². The van der Waals surface area contributed by atoms with Crippen LogP contribution in [0.15, 0.2) is 41.9 Å². The van der Waals surface area contributed by atoms with Gasteiger partial charge in [0.25, 0.3) is 5.91 Å². The largest absolute Gasteiger partial charge is 0.491 e. The van der Waals surface area contributed by atoms with Gasteiger partial charge in [0.2, 0.25) is 5.76 Å². The maximum atomic E-state index is 13.0. The molecule has 0 N–H and O–H groups in total. The van der Waals surface area contributed by atoms with Gasteiger partial charge in [-0.3, -0.25) is 9.59 Å². The number of amides is 1. The van der Waals surface area contributed by atoms with Gasteiger partial charge in [0.05, 0.1) is 12.0 Å². The molecule has 152 valence electrons. The van der Waals surface area contributed by atoms with Gasteiger partial charge in [-0.2, -0.15) is 0 Å². The Bertz CT molecular complexity index is 730. The minimum Gasteiger partial charge on any atom is -0.491 e. The van der Waals surface area contributed by atoms with Crippen LogP contribution in [0.25, 0.3) is 0 Å². The Kier molecular flexibility index (Phi) is 6.60. The molecule has 6 heteroatoms. The molecule has 2 heterocycles. The van der Waals surface area contributed by atoms with E-state index < -0.39 is 5.41 Å². The molecule has 0 bridgehead atoms. The third-order valence-corrected chi connectivity index (χ3v) is 5.47. The fraction of sp³-hybridized carbons (Fsp3) is 0.545. The second kappa shape index (κ2) is 9.13. The summed E-state index contributed by atoms with van der Waals surface area (Å²) in [5.41, 5.74) is 0.487. The Balaban J connectivity index is 1.78. The van der Waals surface area contributed by atoms with Gasteiger partial charge in [-0.05, 0) is 45.1 Å². The van der Waals surface area contributed by atoms with Crippen molar-refractivity contribution in [3.8, 4) is 0 Å². The van der Waals surface area contributed by atoms with E-state index in [0.29, 0.717) is 45.1 Å². The molecule has 1 aromatic rings. The summed E-state index contributed by atoms with van der Waals surface area (Å²) >= 11 is 0. The van der Waals surface area contributed by atoms with Crippen molar-refractivity contribution in [3.05, 3.63) is 47.4 Å². The van der Waals surface area contributed by atoms with Crippen LogP contribution < -0.4 is 0 Å². The number of benzene rings is 1. The predicted octanol–water partition coefficient (Wildman–Crippen LogP) is 3.07. The number of likely N-dealkylation sites (tertiary alicyclic amines) is 1. The summed E-state index contributed by atoms with van der Waals surface area (Å²) in [7, 11) is 0. The number of allylic oxidation sites excluding steroid dienone is 1. The van der Waals surface area contributed by atoms with E-state index in [0.717, 1.165) is 19.3 Å². The van der Waals surface area contributed by atoms with Crippen LogP contribution in [0.5, 0.6) is 0 Å². The van der Waals surface area contributed by atoms with E-state index in [4.69, 9.17) is 14.2 Å². The third kappa shape index (κ3) is 4.49. The van der Waals surface area contributed by atoms with E-state index in [-0.39, 0.29) is 17.6 Å². The molecule has 3 rings (SSSR count). The Morgan fingerprint density at radius 3 is 2.64 bits per heavy atom. The minimum absolute atomic E-state index is 0.203. The van der Waals surface area contributed by atoms with Crippen molar-refractivity contribution in [1.82, 2.24) is 4.90 Å². The van der Waals surface area contributed by atoms with Gasteiger partial charge in [0, 0.05) is 13.1 Å². The van der Waals surface area contributed by atoms with Crippen molar-refractivity contribution >= 4 is 11.9 Å². The zero-order chi connectivity index (χ0) is 20.0. The van der Waals surface area contributed by atoms with E-state index in [9.17, 15) is 9.59 Å². The first-order valence-electron chi connectivity index (χ1n) is 10.0. The zero-order valence-corrected chi connectivity index (χ0v) is 16.7. The van der Waals surface area contributed by atoms with Gasteiger partial charge in [-0.1, -0.05) is 30.3 Å². The van der Waals surface area contributed by atoms with Crippen molar-refractivity contribution in [3.63, 3.8) is 0 Å². The quantitative estimate of drug-likeness (QED) is 0.702. The smallest absolute Gasteiger partial charge is 0.313 e. The number of piperidine rings is 1. The zero-order valence-electron chi connectivity index (χ0n) is 16.7. The molecule has 1 saturated heterocycles. The molecular formula is C22H29NO5. The van der Waals surface area contributed by atoms with Crippen molar-refractivity contribution in [1.29, 1.82) is 0 Å². The second-order valence-electron chi connectivity index (χ2n) is 7.40. The molecule has 0 aromatic heterocycles. The average Bonchev–Trinajstić information content (AvgIpc) is 2.73. The molecule has 6 nitrogen and oxygen atoms in total. The summed E-state index contributed by atoms with van der Waals surface area (Å²) in [6.07, 6.45) is 2.89. The number of hydrogen-bond acceptors (Lipinski definition) is 5. The molecule has 0 saturated carbocycles. The van der Waals surface area contributed by atoms with E-state index in [1.54, 1.807) is 11.8 Å². The van der Waals surface area contributed by atoms with Crippen LogP contribution in [0.1, 0.15) is 38.7 Å². The van der Waals surface area contributed by atoms with Crippen LogP contribution in [0, 0.1) is 5.41 Å². The van der Waals surface area contributed by atoms with Gasteiger partial charge in [-0.25, -0.2) is 0 Å². The number of rotatable bonds is 6. The van der Waals surface area contributed by atoms with Gasteiger partial charge in [0.15, 0.2) is 0 Å². The monoisotopic (exact) mass is 387 g/mol. The first-order chi connectivity index (χ1) is 13.6. The number of nitrogens with zero attached hydrogens (tertiary/aromatic N) is 1. The van der Waals surface area contributed by atoms with Gasteiger partial charge < -0.3 is 19.1 Å². The first-order valence-corrected chi connectivity index (χ1v) is 10.0. The summed E-state index contributed by atoms with van der Waals surface area (Å²) in [6.45, 7) is 5.65. The molecule has 2 aliphatic heterocycles. The standard InChI is InChI=1S/C22H29NO5/c1-3-26-21(25)22(12-10-18-8-5-4-6-9-18)11-7-13-23(16-22)20(24)19-17(2)27-14-15-28-19/h4-6,8-9H,3,7,10-16H2,1-2H3/t22-/m0/s1. The lowest BCUT2D eigenvalue weighted by molar-refractivity contribution is -0.161. The molecule has 0 radical (unpaired) electrons. The lowest BCUT2D eigenvalue weighted by atomic mass is 9.75. The third-order valence-electron chi connectivity index (χ3n) is 5.47. The van der Waals surface area contributed by atoms with Crippen LogP contribution in [0.4, 0.5) is 0 Å². The summed E-state index contributed by atoms with van der Waals surface area (Å²) in [4.78, 5) is 27.7. The molecule has 28 heavy (non-hydrogen) atoms. The molecule has 1 amide bonds. The van der Waals surface area contributed by atoms with Crippen LogP contribution in [-0.2, 0) is 30.2 Å². The highest BCUT2D eigenvalue weighted by molar-refractivity contribution is 5.92. The van der Waals surface area contributed by atoms with E-state index >= 15 is 0 Å². The number of ether oxygens (including phenoxy) is 3.